The van der Waals surface area contributed by atoms with Crippen molar-refractivity contribution in [3.05, 3.63) is 18.5 Å². The van der Waals surface area contributed by atoms with Crippen LogP contribution in [0.2, 0.25) is 0 Å². The average Bonchev–Trinajstić information content (AvgIpc) is 2.70. The summed E-state index contributed by atoms with van der Waals surface area (Å²) in [5.74, 6) is 0.146. The molecule has 0 aromatic carbocycles. The summed E-state index contributed by atoms with van der Waals surface area (Å²) in [5.41, 5.74) is -0.739. The first-order chi connectivity index (χ1) is 7.55. The zero-order valence-corrected chi connectivity index (χ0v) is 12.5. The van der Waals surface area contributed by atoms with Gasteiger partial charge in [-0.25, -0.2) is 0 Å². The van der Waals surface area contributed by atoms with Crippen LogP contribution in [0, 0.1) is 0 Å². The standard InChI is InChI=1S/C9H10BF3NO2.K/c11-10(12,13)7-3-9(5-14-4-7)16-8-1-2-15-6-8;/h3-5,8H,1-2,6H2;/q-1;+1. The molecule has 1 atom stereocenters. The molecule has 8 heteroatoms. The van der Waals surface area contributed by atoms with E-state index in [2.05, 4.69) is 4.98 Å². The van der Waals surface area contributed by atoms with Crippen molar-refractivity contribution in [2.24, 2.45) is 0 Å². The molecule has 1 unspecified atom stereocenters. The Balaban J connectivity index is 0.00000144. The summed E-state index contributed by atoms with van der Waals surface area (Å²) in [4.78, 5) is 3.52. The maximum Gasteiger partial charge on any atom is 1.00 e. The first-order valence-electron chi connectivity index (χ1n) is 4.95. The van der Waals surface area contributed by atoms with E-state index in [9.17, 15) is 12.9 Å². The number of hydrogen-bond donors (Lipinski definition) is 0. The third kappa shape index (κ3) is 4.53. The fourth-order valence-electron chi connectivity index (χ4n) is 1.48. The van der Waals surface area contributed by atoms with Crippen molar-refractivity contribution in [2.45, 2.75) is 12.5 Å². The second-order valence-corrected chi connectivity index (χ2v) is 3.63. The van der Waals surface area contributed by atoms with E-state index in [-0.39, 0.29) is 63.2 Å². The van der Waals surface area contributed by atoms with Crippen LogP contribution < -0.4 is 61.6 Å². The Hall–Kier alpha value is 0.401. The topological polar surface area (TPSA) is 31.4 Å². The smallest absolute Gasteiger partial charge is 0.486 e. The predicted octanol–water partition coefficient (Wildman–Crippen LogP) is -1.69. The van der Waals surface area contributed by atoms with Gasteiger partial charge in [0.2, 0.25) is 0 Å². The van der Waals surface area contributed by atoms with E-state index in [4.69, 9.17) is 9.47 Å². The number of pyridine rings is 1. The fraction of sp³-hybridized carbons (Fsp3) is 0.444. The second-order valence-electron chi connectivity index (χ2n) is 3.63. The van der Waals surface area contributed by atoms with E-state index in [1.807, 2.05) is 0 Å². The first-order valence-corrected chi connectivity index (χ1v) is 4.95. The van der Waals surface area contributed by atoms with Crippen LogP contribution in [0.4, 0.5) is 12.9 Å². The third-order valence-electron chi connectivity index (χ3n) is 2.30. The van der Waals surface area contributed by atoms with Crippen molar-refractivity contribution >= 4 is 12.4 Å². The van der Waals surface area contributed by atoms with Crippen LogP contribution in [0.3, 0.4) is 0 Å². The molecule has 2 heterocycles. The molecule has 0 radical (unpaired) electrons. The molecular formula is C9H10BF3KNO2. The molecule has 1 aromatic heterocycles. The molecule has 2 rings (SSSR count). The van der Waals surface area contributed by atoms with Gasteiger partial charge in [-0.3, -0.25) is 4.98 Å². The second kappa shape index (κ2) is 6.53. The Kier molecular flexibility index (Phi) is 5.94. The zero-order valence-electron chi connectivity index (χ0n) is 9.41. The molecule has 1 saturated heterocycles. The van der Waals surface area contributed by atoms with Gasteiger partial charge < -0.3 is 22.4 Å². The van der Waals surface area contributed by atoms with E-state index >= 15 is 0 Å². The zero-order chi connectivity index (χ0) is 11.6. The van der Waals surface area contributed by atoms with Gasteiger partial charge in [-0.2, -0.15) is 0 Å². The Morgan fingerprint density at radius 2 is 2.12 bits per heavy atom. The molecule has 0 amide bonds. The van der Waals surface area contributed by atoms with Gasteiger partial charge >= 0.3 is 58.4 Å². The number of halogens is 3. The van der Waals surface area contributed by atoms with Crippen LogP contribution in [-0.2, 0) is 4.74 Å². The number of rotatable bonds is 3. The monoisotopic (exact) mass is 271 g/mol. The molecule has 0 bridgehead atoms. The summed E-state index contributed by atoms with van der Waals surface area (Å²) >= 11 is 0. The molecule has 1 aliphatic heterocycles. The van der Waals surface area contributed by atoms with Crippen LogP contribution in [0.25, 0.3) is 0 Å². The van der Waals surface area contributed by atoms with Gasteiger partial charge in [0, 0.05) is 12.6 Å². The summed E-state index contributed by atoms with van der Waals surface area (Å²) < 4.78 is 47.7. The minimum absolute atomic E-state index is 0. The van der Waals surface area contributed by atoms with E-state index in [0.29, 0.717) is 19.6 Å². The SMILES string of the molecule is F[B-](F)(F)c1cncc(OC2CCOC2)c1.[K+]. The van der Waals surface area contributed by atoms with Crippen LogP contribution in [-0.4, -0.2) is 31.3 Å². The normalized spacial score (nSPS) is 19.8. The quantitative estimate of drug-likeness (QED) is 0.615. The van der Waals surface area contributed by atoms with Crippen molar-refractivity contribution in [2.75, 3.05) is 13.2 Å². The van der Waals surface area contributed by atoms with E-state index in [0.717, 1.165) is 12.3 Å². The maximum atomic E-state index is 12.4. The minimum atomic E-state index is -5.02. The molecule has 0 saturated carbocycles. The average molecular weight is 271 g/mol. The maximum absolute atomic E-state index is 12.4. The molecule has 0 spiro atoms. The van der Waals surface area contributed by atoms with Crippen molar-refractivity contribution in [1.82, 2.24) is 4.98 Å². The van der Waals surface area contributed by atoms with Crippen molar-refractivity contribution < 1.29 is 73.8 Å². The molecule has 1 aromatic rings. The van der Waals surface area contributed by atoms with Gasteiger partial charge in [0.05, 0.1) is 19.4 Å². The van der Waals surface area contributed by atoms with Gasteiger partial charge in [0.25, 0.3) is 0 Å². The molecule has 1 fully saturated rings. The van der Waals surface area contributed by atoms with Crippen molar-refractivity contribution in [3.63, 3.8) is 0 Å². The molecule has 1 aliphatic rings. The molecule has 88 valence electrons. The summed E-state index contributed by atoms with van der Waals surface area (Å²) in [6.07, 6.45) is 2.61. The Bertz CT molecular complexity index is 372. The van der Waals surface area contributed by atoms with Gasteiger partial charge in [-0.15, -0.1) is 0 Å². The Morgan fingerprint density at radius 3 is 2.71 bits per heavy atom. The van der Waals surface area contributed by atoms with Crippen molar-refractivity contribution in [3.8, 4) is 5.75 Å². The molecular weight excluding hydrogens is 261 g/mol. The van der Waals surface area contributed by atoms with Crippen molar-refractivity contribution in [1.29, 1.82) is 0 Å². The molecule has 0 N–H and O–H groups in total. The van der Waals surface area contributed by atoms with Crippen LogP contribution >= 0.6 is 0 Å². The minimum Gasteiger partial charge on any atom is -0.486 e. The summed E-state index contributed by atoms with van der Waals surface area (Å²) in [6, 6.07) is 0.977. The van der Waals surface area contributed by atoms with Crippen LogP contribution in [0.5, 0.6) is 5.75 Å². The Morgan fingerprint density at radius 1 is 1.35 bits per heavy atom. The van der Waals surface area contributed by atoms with Gasteiger partial charge in [0.1, 0.15) is 11.9 Å². The summed E-state index contributed by atoms with van der Waals surface area (Å²) in [7, 11) is 0. The molecule has 17 heavy (non-hydrogen) atoms. The summed E-state index contributed by atoms with van der Waals surface area (Å²) in [5, 5.41) is 0. The van der Waals surface area contributed by atoms with Gasteiger partial charge in [-0.1, -0.05) is 5.46 Å². The number of nitrogens with zero attached hydrogens (tertiary/aromatic N) is 1. The first kappa shape index (κ1) is 15.5. The van der Waals surface area contributed by atoms with E-state index in [1.54, 1.807) is 0 Å². The molecule has 3 nitrogen and oxygen atoms in total. The largest absolute Gasteiger partial charge is 1.00 e. The molecule has 0 aliphatic carbocycles. The number of aromatic nitrogens is 1. The van der Waals surface area contributed by atoms with Crippen LogP contribution in [0.15, 0.2) is 18.5 Å². The number of ether oxygens (including phenoxy) is 2. The fourth-order valence-corrected chi connectivity index (χ4v) is 1.48. The predicted molar refractivity (Wildman–Crippen MR) is 52.8 cm³/mol. The van der Waals surface area contributed by atoms with E-state index < -0.39 is 12.4 Å². The Labute approximate surface area is 140 Å². The van der Waals surface area contributed by atoms with E-state index in [1.165, 1.54) is 6.20 Å². The third-order valence-corrected chi connectivity index (χ3v) is 2.30. The number of hydrogen-bond acceptors (Lipinski definition) is 3. The van der Waals surface area contributed by atoms with Gasteiger partial charge in [-0.05, 0) is 6.07 Å². The van der Waals surface area contributed by atoms with Gasteiger partial charge in [0.15, 0.2) is 0 Å². The van der Waals surface area contributed by atoms with Crippen LogP contribution in [0.1, 0.15) is 6.42 Å². The summed E-state index contributed by atoms with van der Waals surface area (Å²) in [6.45, 7) is -4.02.